The molecule has 1 rings (SSSR count). The Bertz CT molecular complexity index is 315. The molecule has 4 nitrogen and oxygen atoms in total. The molecule has 0 aliphatic heterocycles. The topological polar surface area (TPSA) is 55.6 Å². The van der Waals surface area contributed by atoms with Crippen molar-refractivity contribution >= 4 is 23.1 Å². The van der Waals surface area contributed by atoms with Crippen LogP contribution in [0.1, 0.15) is 45.4 Å². The van der Waals surface area contributed by atoms with Crippen LogP contribution in [-0.4, -0.2) is 42.6 Å². The van der Waals surface area contributed by atoms with E-state index >= 15 is 0 Å². The largest absolute Gasteiger partial charge is 0.393 e. The maximum absolute atomic E-state index is 12.8. The number of hydrogen-bond acceptors (Lipinski definition) is 3. The smallest absolute Gasteiger partial charge is 0.228 e. The third-order valence-electron chi connectivity index (χ3n) is 4.17. The van der Waals surface area contributed by atoms with Crippen molar-refractivity contribution < 1.29 is 9.53 Å². The van der Waals surface area contributed by atoms with Crippen LogP contribution in [0.15, 0.2) is 0 Å². The zero-order valence-corrected chi connectivity index (χ0v) is 12.9. The fourth-order valence-corrected chi connectivity index (χ4v) is 2.96. The van der Waals surface area contributed by atoms with Crippen molar-refractivity contribution in [3.05, 3.63) is 0 Å². The summed E-state index contributed by atoms with van der Waals surface area (Å²) >= 11 is 4.91. The van der Waals surface area contributed by atoms with Gasteiger partial charge < -0.3 is 15.4 Å². The molecule has 1 saturated carbocycles. The SMILES string of the molecule is CCC1(C(=O)N(CCOC)CCC(N)=S)CCCC1. The molecule has 0 unspecified atom stereocenters. The van der Waals surface area contributed by atoms with E-state index in [1.165, 1.54) is 0 Å². The van der Waals surface area contributed by atoms with Gasteiger partial charge in [0, 0.05) is 32.0 Å². The highest BCUT2D eigenvalue weighted by atomic mass is 32.1. The maximum Gasteiger partial charge on any atom is 0.228 e. The first-order valence-corrected chi connectivity index (χ1v) is 7.53. The maximum atomic E-state index is 12.8. The van der Waals surface area contributed by atoms with Crippen LogP contribution in [0.4, 0.5) is 0 Å². The van der Waals surface area contributed by atoms with Crippen LogP contribution in [0.3, 0.4) is 0 Å². The molecule has 2 N–H and O–H groups in total. The molecule has 1 fully saturated rings. The van der Waals surface area contributed by atoms with Crippen LogP contribution in [0.2, 0.25) is 0 Å². The molecule has 5 heteroatoms. The second kappa shape index (κ2) is 7.80. The predicted octanol–water partition coefficient (Wildman–Crippen LogP) is 2.11. The normalized spacial score (nSPS) is 17.4. The molecule has 0 atom stereocenters. The average Bonchev–Trinajstić information content (AvgIpc) is 2.88. The monoisotopic (exact) mass is 286 g/mol. The molecule has 1 aliphatic carbocycles. The first kappa shape index (κ1) is 16.4. The third kappa shape index (κ3) is 4.42. The zero-order chi connectivity index (χ0) is 14.3. The molecule has 0 aromatic carbocycles. The number of carbonyl (C=O) groups excluding carboxylic acids is 1. The highest BCUT2D eigenvalue weighted by molar-refractivity contribution is 7.80. The molecule has 0 heterocycles. The van der Waals surface area contributed by atoms with E-state index in [1.807, 2.05) is 4.90 Å². The van der Waals surface area contributed by atoms with Gasteiger partial charge in [-0.25, -0.2) is 0 Å². The summed E-state index contributed by atoms with van der Waals surface area (Å²) in [7, 11) is 1.65. The molecule has 0 bridgehead atoms. The van der Waals surface area contributed by atoms with Crippen molar-refractivity contribution in [2.45, 2.75) is 45.4 Å². The number of nitrogens with zero attached hydrogens (tertiary/aromatic N) is 1. The van der Waals surface area contributed by atoms with E-state index in [0.29, 0.717) is 31.1 Å². The fraction of sp³-hybridized carbons (Fsp3) is 0.857. The van der Waals surface area contributed by atoms with Gasteiger partial charge in [0.25, 0.3) is 0 Å². The van der Waals surface area contributed by atoms with Crippen LogP contribution in [0.5, 0.6) is 0 Å². The Morgan fingerprint density at radius 3 is 2.47 bits per heavy atom. The first-order chi connectivity index (χ1) is 9.05. The lowest BCUT2D eigenvalue weighted by molar-refractivity contribution is -0.142. The quantitative estimate of drug-likeness (QED) is 0.694. The Labute approximate surface area is 121 Å². The molecular weight excluding hydrogens is 260 g/mol. The first-order valence-electron chi connectivity index (χ1n) is 7.12. The van der Waals surface area contributed by atoms with Gasteiger partial charge in [0.2, 0.25) is 5.91 Å². The van der Waals surface area contributed by atoms with Crippen molar-refractivity contribution in [1.29, 1.82) is 0 Å². The Balaban J connectivity index is 2.70. The Hall–Kier alpha value is -0.680. The molecule has 0 aromatic heterocycles. The molecular formula is C14H26N2O2S. The van der Waals surface area contributed by atoms with E-state index in [2.05, 4.69) is 6.92 Å². The summed E-state index contributed by atoms with van der Waals surface area (Å²) < 4.78 is 5.10. The van der Waals surface area contributed by atoms with Crippen molar-refractivity contribution in [3.8, 4) is 0 Å². The van der Waals surface area contributed by atoms with E-state index in [4.69, 9.17) is 22.7 Å². The second-order valence-corrected chi connectivity index (χ2v) is 5.87. The molecule has 0 radical (unpaired) electrons. The zero-order valence-electron chi connectivity index (χ0n) is 12.1. The van der Waals surface area contributed by atoms with Gasteiger partial charge in [-0.1, -0.05) is 32.0 Å². The minimum Gasteiger partial charge on any atom is -0.393 e. The minimum atomic E-state index is -0.149. The number of methoxy groups -OCH3 is 1. The molecule has 1 amide bonds. The van der Waals surface area contributed by atoms with Crippen LogP contribution >= 0.6 is 12.2 Å². The van der Waals surface area contributed by atoms with Gasteiger partial charge >= 0.3 is 0 Å². The molecule has 110 valence electrons. The molecule has 1 aliphatic rings. The van der Waals surface area contributed by atoms with E-state index in [1.54, 1.807) is 7.11 Å². The highest BCUT2D eigenvalue weighted by Crippen LogP contribution is 2.42. The van der Waals surface area contributed by atoms with Crippen molar-refractivity contribution in [2.24, 2.45) is 11.1 Å². The minimum absolute atomic E-state index is 0.149. The van der Waals surface area contributed by atoms with Crippen molar-refractivity contribution in [1.82, 2.24) is 4.90 Å². The fourth-order valence-electron chi connectivity index (χ4n) is 2.87. The van der Waals surface area contributed by atoms with Crippen molar-refractivity contribution in [3.63, 3.8) is 0 Å². The summed E-state index contributed by atoms with van der Waals surface area (Å²) in [6.45, 7) is 3.91. The molecule has 0 aromatic rings. The number of hydrogen-bond donors (Lipinski definition) is 1. The van der Waals surface area contributed by atoms with Gasteiger partial charge in [0.15, 0.2) is 0 Å². The summed E-state index contributed by atoms with van der Waals surface area (Å²) in [5.41, 5.74) is 5.40. The molecule has 0 saturated heterocycles. The van der Waals surface area contributed by atoms with Gasteiger partial charge in [0.05, 0.1) is 11.6 Å². The number of amides is 1. The summed E-state index contributed by atoms with van der Waals surface area (Å²) in [4.78, 5) is 15.2. The van der Waals surface area contributed by atoms with E-state index in [0.717, 1.165) is 32.1 Å². The van der Waals surface area contributed by atoms with Crippen LogP contribution in [0.25, 0.3) is 0 Å². The van der Waals surface area contributed by atoms with Crippen molar-refractivity contribution in [2.75, 3.05) is 26.8 Å². The van der Waals surface area contributed by atoms with Gasteiger partial charge in [-0.2, -0.15) is 0 Å². The lowest BCUT2D eigenvalue weighted by Crippen LogP contribution is -2.45. The number of nitrogens with two attached hydrogens (primary N) is 1. The number of carbonyl (C=O) groups is 1. The highest BCUT2D eigenvalue weighted by Gasteiger charge is 2.41. The summed E-state index contributed by atoms with van der Waals surface area (Å²) in [6.07, 6.45) is 5.85. The summed E-state index contributed by atoms with van der Waals surface area (Å²) in [5, 5.41) is 0. The number of thiocarbonyl (C=S) groups is 1. The summed E-state index contributed by atoms with van der Waals surface area (Å²) in [5.74, 6) is 0.265. The standard InChI is InChI=1S/C14H26N2O2S/c1-3-14(7-4-5-8-14)13(17)16(10-11-18-2)9-6-12(15)19/h3-11H2,1-2H3,(H2,15,19). The lowest BCUT2D eigenvalue weighted by Gasteiger charge is -2.33. The van der Waals surface area contributed by atoms with E-state index < -0.39 is 0 Å². The van der Waals surface area contributed by atoms with Gasteiger partial charge in [-0.15, -0.1) is 0 Å². The third-order valence-corrected chi connectivity index (χ3v) is 4.38. The molecule has 19 heavy (non-hydrogen) atoms. The second-order valence-electron chi connectivity index (χ2n) is 5.34. The Morgan fingerprint density at radius 2 is 2.00 bits per heavy atom. The lowest BCUT2D eigenvalue weighted by atomic mass is 9.82. The Morgan fingerprint density at radius 1 is 1.37 bits per heavy atom. The Kier molecular flexibility index (Phi) is 6.72. The average molecular weight is 286 g/mol. The number of ether oxygens (including phenoxy) is 1. The predicted molar refractivity (Wildman–Crippen MR) is 81.1 cm³/mol. The van der Waals surface area contributed by atoms with Gasteiger partial charge in [0.1, 0.15) is 0 Å². The van der Waals surface area contributed by atoms with Crippen LogP contribution in [-0.2, 0) is 9.53 Å². The van der Waals surface area contributed by atoms with E-state index in [9.17, 15) is 4.79 Å². The number of rotatable bonds is 8. The summed E-state index contributed by atoms with van der Waals surface area (Å²) in [6, 6.07) is 0. The van der Waals surface area contributed by atoms with Gasteiger partial charge in [-0.05, 0) is 19.3 Å². The van der Waals surface area contributed by atoms with Crippen LogP contribution in [0, 0.1) is 5.41 Å². The van der Waals surface area contributed by atoms with Crippen LogP contribution < -0.4 is 5.73 Å². The van der Waals surface area contributed by atoms with Gasteiger partial charge in [-0.3, -0.25) is 4.79 Å². The van der Waals surface area contributed by atoms with E-state index in [-0.39, 0.29) is 11.3 Å². The molecule has 0 spiro atoms.